The summed E-state index contributed by atoms with van der Waals surface area (Å²) in [6.45, 7) is 9.58. The quantitative estimate of drug-likeness (QED) is 0.497. The molecule has 2 saturated heterocycles. The number of thiophene rings is 1. The predicted molar refractivity (Wildman–Crippen MR) is 147 cm³/mol. The number of rotatable bonds is 5. The van der Waals surface area contributed by atoms with Crippen LogP contribution >= 0.6 is 11.3 Å². The molecule has 0 bridgehead atoms. The number of carbonyl (C=O) groups is 1. The van der Waals surface area contributed by atoms with Crippen LogP contribution < -0.4 is 15.5 Å². The molecule has 188 valence electrons. The summed E-state index contributed by atoms with van der Waals surface area (Å²) in [7, 11) is 0. The highest BCUT2D eigenvalue weighted by Gasteiger charge is 2.37. The maximum atomic E-state index is 13.2. The van der Waals surface area contributed by atoms with Gasteiger partial charge in [0.25, 0.3) is 0 Å². The van der Waals surface area contributed by atoms with E-state index in [1.54, 1.807) is 11.3 Å². The first-order valence-corrected chi connectivity index (χ1v) is 13.9. The lowest BCUT2D eigenvalue weighted by Gasteiger charge is -2.30. The third-order valence-electron chi connectivity index (χ3n) is 7.43. The summed E-state index contributed by atoms with van der Waals surface area (Å²) < 4.78 is 5.63. The molecule has 36 heavy (non-hydrogen) atoms. The maximum Gasteiger partial charge on any atom is 0.173 e. The molecule has 0 radical (unpaired) electrons. The number of fused-ring (bicyclic) bond motifs is 1. The molecule has 1 aromatic carbocycles. The van der Waals surface area contributed by atoms with Gasteiger partial charge in [-0.15, -0.1) is 11.3 Å². The number of pyridine rings is 1. The highest BCUT2D eigenvalue weighted by molar-refractivity contribution is 7.19. The Morgan fingerprint density at radius 3 is 2.72 bits per heavy atom. The van der Waals surface area contributed by atoms with E-state index in [2.05, 4.69) is 71.8 Å². The third kappa shape index (κ3) is 4.67. The summed E-state index contributed by atoms with van der Waals surface area (Å²) in [5.74, 6) is 0.267. The van der Waals surface area contributed by atoms with Crippen molar-refractivity contribution in [2.45, 2.75) is 39.2 Å². The van der Waals surface area contributed by atoms with Crippen LogP contribution in [0.4, 0.5) is 10.7 Å². The van der Waals surface area contributed by atoms with Crippen molar-refractivity contribution in [1.82, 2.24) is 10.3 Å². The van der Waals surface area contributed by atoms with Crippen LogP contribution in [-0.2, 0) is 11.2 Å². The number of morpholine rings is 1. The molecule has 3 aromatic rings. The number of Topliss-reactive ketones (excluding diaryl/α,β-unsaturated/α-hetero) is 1. The molecule has 2 aromatic heterocycles. The van der Waals surface area contributed by atoms with Gasteiger partial charge in [-0.3, -0.25) is 4.79 Å². The van der Waals surface area contributed by atoms with Gasteiger partial charge in [0.2, 0.25) is 0 Å². The van der Waals surface area contributed by atoms with Gasteiger partial charge in [0, 0.05) is 48.9 Å². The minimum absolute atomic E-state index is 0.0467. The van der Waals surface area contributed by atoms with Gasteiger partial charge in [-0.1, -0.05) is 32.0 Å². The molecule has 6 nitrogen and oxygen atoms in total. The van der Waals surface area contributed by atoms with Gasteiger partial charge in [-0.05, 0) is 54.6 Å². The number of hydrogen-bond donors (Lipinski definition) is 2. The second-order valence-electron chi connectivity index (χ2n) is 11.0. The number of nitrogens with one attached hydrogen (secondary N) is 2. The lowest BCUT2D eigenvalue weighted by Crippen LogP contribution is -2.36. The molecule has 0 unspecified atom stereocenters. The molecule has 2 fully saturated rings. The zero-order chi connectivity index (χ0) is 24.7. The molecule has 0 saturated carbocycles. The SMILES string of the molecule is CC1(C)CC(=O)c2sc(N3CCOCC3)c(-c3cccc(-c4cccc(N[C@H]5CCNC5)c4)n3)c2C1. The molecule has 4 heterocycles. The highest BCUT2D eigenvalue weighted by atomic mass is 32.1. The van der Waals surface area contributed by atoms with Crippen molar-refractivity contribution < 1.29 is 9.53 Å². The summed E-state index contributed by atoms with van der Waals surface area (Å²) in [5, 5.41) is 8.24. The lowest BCUT2D eigenvalue weighted by atomic mass is 9.75. The van der Waals surface area contributed by atoms with E-state index in [0.717, 1.165) is 72.1 Å². The van der Waals surface area contributed by atoms with Crippen molar-refractivity contribution in [2.75, 3.05) is 49.6 Å². The van der Waals surface area contributed by atoms with E-state index in [-0.39, 0.29) is 11.2 Å². The highest BCUT2D eigenvalue weighted by Crippen LogP contribution is 2.49. The number of ketones is 1. The molecule has 2 N–H and O–H groups in total. The van der Waals surface area contributed by atoms with E-state index in [9.17, 15) is 4.79 Å². The summed E-state index contributed by atoms with van der Waals surface area (Å²) in [4.78, 5) is 21.7. The van der Waals surface area contributed by atoms with Gasteiger partial charge in [-0.2, -0.15) is 0 Å². The molecule has 0 amide bonds. The third-order valence-corrected chi connectivity index (χ3v) is 8.76. The van der Waals surface area contributed by atoms with E-state index >= 15 is 0 Å². The van der Waals surface area contributed by atoms with Gasteiger partial charge in [0.1, 0.15) is 5.00 Å². The van der Waals surface area contributed by atoms with Gasteiger partial charge in [0.05, 0.1) is 29.5 Å². The number of carbonyl (C=O) groups excluding carboxylic acids is 1. The Labute approximate surface area is 217 Å². The Hall–Kier alpha value is -2.74. The van der Waals surface area contributed by atoms with E-state index < -0.39 is 0 Å². The second-order valence-corrected chi connectivity index (χ2v) is 12.0. The number of anilines is 2. The predicted octanol–water partition coefficient (Wildman–Crippen LogP) is 5.24. The van der Waals surface area contributed by atoms with Crippen molar-refractivity contribution in [3.8, 4) is 22.5 Å². The molecular formula is C29H34N4O2S. The molecule has 1 aliphatic carbocycles. The van der Waals surface area contributed by atoms with Crippen molar-refractivity contribution in [2.24, 2.45) is 5.41 Å². The normalized spacial score (nSPS) is 21.4. The average Bonchev–Trinajstić information content (AvgIpc) is 3.52. The van der Waals surface area contributed by atoms with Gasteiger partial charge < -0.3 is 20.3 Å². The molecule has 0 spiro atoms. The average molecular weight is 503 g/mol. The molecule has 1 atom stereocenters. The first-order valence-electron chi connectivity index (χ1n) is 13.0. The number of aromatic nitrogens is 1. The zero-order valence-corrected chi connectivity index (χ0v) is 21.9. The van der Waals surface area contributed by atoms with Gasteiger partial charge in [-0.25, -0.2) is 4.98 Å². The zero-order valence-electron chi connectivity index (χ0n) is 21.1. The Morgan fingerprint density at radius 2 is 1.92 bits per heavy atom. The van der Waals surface area contributed by atoms with Crippen LogP contribution in [0.2, 0.25) is 0 Å². The van der Waals surface area contributed by atoms with Crippen molar-refractivity contribution >= 4 is 27.8 Å². The minimum Gasteiger partial charge on any atom is -0.381 e. The van der Waals surface area contributed by atoms with Crippen LogP contribution in [0, 0.1) is 5.41 Å². The minimum atomic E-state index is -0.0467. The van der Waals surface area contributed by atoms with Crippen LogP contribution in [0.1, 0.15) is 41.9 Å². The number of benzene rings is 1. The fraction of sp³-hybridized carbons (Fsp3) is 0.448. The summed E-state index contributed by atoms with van der Waals surface area (Å²) >= 11 is 1.66. The smallest absolute Gasteiger partial charge is 0.173 e. The van der Waals surface area contributed by atoms with E-state index in [1.807, 2.05) is 0 Å². The van der Waals surface area contributed by atoms with Crippen LogP contribution in [0.15, 0.2) is 42.5 Å². The summed E-state index contributed by atoms with van der Waals surface area (Å²) in [6.07, 6.45) is 2.64. The fourth-order valence-corrected chi connectivity index (χ4v) is 6.99. The lowest BCUT2D eigenvalue weighted by molar-refractivity contribution is 0.0918. The van der Waals surface area contributed by atoms with Crippen LogP contribution in [0.25, 0.3) is 22.5 Å². The van der Waals surface area contributed by atoms with Crippen molar-refractivity contribution in [1.29, 1.82) is 0 Å². The first-order chi connectivity index (χ1) is 17.5. The first kappa shape index (κ1) is 23.6. The Bertz CT molecular complexity index is 1270. The van der Waals surface area contributed by atoms with Gasteiger partial charge in [0.15, 0.2) is 5.78 Å². The number of hydrogen-bond acceptors (Lipinski definition) is 7. The number of nitrogens with zero attached hydrogens (tertiary/aromatic N) is 2. The summed E-state index contributed by atoms with van der Waals surface area (Å²) in [5.41, 5.74) is 6.41. The van der Waals surface area contributed by atoms with Crippen LogP contribution in [-0.4, -0.2) is 56.2 Å². The molecule has 2 aliphatic heterocycles. The van der Waals surface area contributed by atoms with Crippen LogP contribution in [0.3, 0.4) is 0 Å². The standard InChI is InChI=1S/C29H34N4O2S/c1-29(2)16-22-26(28(33-11-13-35-14-12-33)36-27(22)25(34)17-29)24-8-4-7-23(32-24)19-5-3-6-20(15-19)31-21-9-10-30-18-21/h3-8,15,21,30-31H,9-14,16-18H2,1-2H3/t21-/m0/s1. The second kappa shape index (κ2) is 9.61. The maximum absolute atomic E-state index is 13.2. The Kier molecular flexibility index (Phi) is 6.32. The van der Waals surface area contributed by atoms with E-state index in [0.29, 0.717) is 25.7 Å². The fourth-order valence-electron chi connectivity index (χ4n) is 5.67. The molecule has 3 aliphatic rings. The molecule has 7 heteroatoms. The Morgan fingerprint density at radius 1 is 1.11 bits per heavy atom. The summed E-state index contributed by atoms with van der Waals surface area (Å²) in [6, 6.07) is 15.3. The molecular weight excluding hydrogens is 468 g/mol. The van der Waals surface area contributed by atoms with Crippen molar-refractivity contribution in [3.05, 3.63) is 52.9 Å². The largest absolute Gasteiger partial charge is 0.381 e. The monoisotopic (exact) mass is 502 g/mol. The van der Waals surface area contributed by atoms with Crippen molar-refractivity contribution in [3.63, 3.8) is 0 Å². The topological polar surface area (TPSA) is 66.5 Å². The van der Waals surface area contributed by atoms with E-state index in [1.165, 1.54) is 10.6 Å². The Balaban J connectivity index is 1.41. The van der Waals surface area contributed by atoms with E-state index in [4.69, 9.17) is 9.72 Å². The number of ether oxygens (including phenoxy) is 1. The molecule has 6 rings (SSSR count). The van der Waals surface area contributed by atoms with Gasteiger partial charge >= 0.3 is 0 Å². The van der Waals surface area contributed by atoms with Crippen LogP contribution in [0.5, 0.6) is 0 Å².